The number of carboxylic acid groups (broad SMARTS) is 1. The number of nitrogens with one attached hydrogen (secondary N) is 1. The van der Waals surface area contributed by atoms with E-state index in [1.165, 1.54) is 38.3 Å². The maximum atomic E-state index is 13.4. The van der Waals surface area contributed by atoms with Crippen molar-refractivity contribution in [1.29, 1.82) is 0 Å². The summed E-state index contributed by atoms with van der Waals surface area (Å²) in [6.07, 6.45) is -2.89. The summed E-state index contributed by atoms with van der Waals surface area (Å²) in [5.41, 5.74) is 4.99. The maximum absolute atomic E-state index is 13.4. The summed E-state index contributed by atoms with van der Waals surface area (Å²) in [6.45, 7) is 0. The van der Waals surface area contributed by atoms with Crippen molar-refractivity contribution in [1.82, 2.24) is 10.2 Å². The molecule has 1 fully saturated rings. The number of amides is 4. The zero-order chi connectivity index (χ0) is 22.1. The molecule has 0 saturated carbocycles. The Bertz CT molecular complexity index is 960. The normalized spacial score (nSPS) is 21.4. The van der Waals surface area contributed by atoms with Gasteiger partial charge in [-0.3, -0.25) is 14.6 Å². The average molecular weight is 414 g/mol. The number of ether oxygens (including phenoxy) is 2. The molecule has 10 heteroatoms. The number of imide groups is 1. The zero-order valence-corrected chi connectivity index (χ0v) is 16.7. The van der Waals surface area contributed by atoms with E-state index in [0.29, 0.717) is 17.2 Å². The molecule has 0 spiro atoms. The summed E-state index contributed by atoms with van der Waals surface area (Å²) in [4.78, 5) is 40.1. The molecule has 2 aromatic rings. The van der Waals surface area contributed by atoms with E-state index >= 15 is 0 Å². The first-order chi connectivity index (χ1) is 14.3. The Balaban J connectivity index is 2.29. The predicted molar refractivity (Wildman–Crippen MR) is 107 cm³/mol. The minimum Gasteiger partial charge on any atom is -0.497 e. The molecule has 0 bridgehead atoms. The Hall–Kier alpha value is -3.79. The Morgan fingerprint density at radius 2 is 1.67 bits per heavy atom. The highest BCUT2D eigenvalue weighted by molar-refractivity contribution is 6.11. The van der Waals surface area contributed by atoms with Crippen molar-refractivity contribution < 1.29 is 29.0 Å². The van der Waals surface area contributed by atoms with Crippen LogP contribution < -0.4 is 25.4 Å². The van der Waals surface area contributed by atoms with Crippen LogP contribution in [-0.2, 0) is 10.3 Å². The number of rotatable bonds is 5. The van der Waals surface area contributed by atoms with E-state index in [4.69, 9.17) is 15.2 Å². The predicted octanol–water partition coefficient (Wildman–Crippen LogP) is 1.55. The molecule has 2 atom stereocenters. The molecule has 0 aromatic heterocycles. The van der Waals surface area contributed by atoms with Gasteiger partial charge >= 0.3 is 12.1 Å². The van der Waals surface area contributed by atoms with Gasteiger partial charge in [0.25, 0.3) is 5.91 Å². The molecule has 2 unspecified atom stereocenters. The number of para-hydroxylation sites is 1. The highest BCUT2D eigenvalue weighted by Gasteiger charge is 2.58. The fourth-order valence-electron chi connectivity index (χ4n) is 3.51. The smallest absolute Gasteiger partial charge is 0.405 e. The average Bonchev–Trinajstić information content (AvgIpc) is 2.75. The molecule has 4 amide bonds. The van der Waals surface area contributed by atoms with Gasteiger partial charge in [0.1, 0.15) is 17.7 Å². The van der Waals surface area contributed by atoms with Crippen molar-refractivity contribution in [3.05, 3.63) is 54.1 Å². The second-order valence-corrected chi connectivity index (χ2v) is 6.64. The fraction of sp³-hybridized carbons (Fsp3) is 0.250. The molecular weight excluding hydrogens is 392 g/mol. The second kappa shape index (κ2) is 7.91. The minimum absolute atomic E-state index is 0.166. The van der Waals surface area contributed by atoms with Gasteiger partial charge in [0.15, 0.2) is 5.54 Å². The SMILES string of the molecule is COc1cc(OC)cc(C2(NC(=O)O)C(=O)N(C)C(=O)N(c3ccccc3)C2N)c1. The largest absolute Gasteiger partial charge is 0.497 e. The highest BCUT2D eigenvalue weighted by Crippen LogP contribution is 2.38. The van der Waals surface area contributed by atoms with Crippen LogP contribution in [0.1, 0.15) is 5.56 Å². The maximum Gasteiger partial charge on any atom is 0.405 e. The van der Waals surface area contributed by atoms with Crippen LogP contribution in [-0.4, -0.2) is 55.5 Å². The van der Waals surface area contributed by atoms with E-state index in [0.717, 1.165) is 4.90 Å². The monoisotopic (exact) mass is 414 g/mol. The van der Waals surface area contributed by atoms with Gasteiger partial charge in [-0.25, -0.2) is 9.59 Å². The molecule has 1 heterocycles. The number of nitrogens with zero attached hydrogens (tertiary/aromatic N) is 2. The van der Waals surface area contributed by atoms with E-state index < -0.39 is 29.7 Å². The van der Waals surface area contributed by atoms with Crippen LogP contribution in [0.25, 0.3) is 0 Å². The van der Waals surface area contributed by atoms with Crippen molar-refractivity contribution >= 4 is 23.7 Å². The first-order valence-electron chi connectivity index (χ1n) is 8.93. The summed E-state index contributed by atoms with van der Waals surface area (Å²) in [7, 11) is 4.11. The van der Waals surface area contributed by atoms with Crippen LogP contribution in [0.3, 0.4) is 0 Å². The van der Waals surface area contributed by atoms with Gasteiger partial charge < -0.3 is 25.6 Å². The van der Waals surface area contributed by atoms with Gasteiger partial charge in [0, 0.05) is 18.8 Å². The Labute approximate surface area is 172 Å². The van der Waals surface area contributed by atoms with Gasteiger partial charge in [-0.1, -0.05) is 18.2 Å². The molecule has 3 rings (SSSR count). The van der Waals surface area contributed by atoms with Crippen LogP contribution in [0.15, 0.2) is 48.5 Å². The molecule has 158 valence electrons. The van der Waals surface area contributed by atoms with Gasteiger partial charge in [-0.05, 0) is 29.8 Å². The van der Waals surface area contributed by atoms with E-state index in [9.17, 15) is 19.5 Å². The van der Waals surface area contributed by atoms with Gasteiger partial charge in [0.05, 0.1) is 14.2 Å². The number of likely N-dealkylation sites (N-methyl/N-ethyl adjacent to an activating group) is 1. The number of methoxy groups -OCH3 is 2. The lowest BCUT2D eigenvalue weighted by atomic mass is 9.82. The number of benzene rings is 2. The summed E-state index contributed by atoms with van der Waals surface area (Å²) in [5.74, 6) is -0.187. The van der Waals surface area contributed by atoms with Crippen LogP contribution in [0.5, 0.6) is 11.5 Å². The van der Waals surface area contributed by atoms with E-state index in [2.05, 4.69) is 5.32 Å². The van der Waals surface area contributed by atoms with Crippen molar-refractivity contribution in [3.8, 4) is 11.5 Å². The Kier molecular flexibility index (Phi) is 5.52. The molecule has 4 N–H and O–H groups in total. The molecule has 1 aliphatic rings. The standard InChI is InChI=1S/C20H22N4O6/c1-23-17(25)20(22-18(26)27,12-9-14(29-2)11-15(10-12)30-3)16(21)24(19(23)28)13-7-5-4-6-8-13/h4-11,16,22H,21H2,1-3H3,(H,26,27). The van der Waals surface area contributed by atoms with Gasteiger partial charge in [-0.2, -0.15) is 0 Å². The molecular formula is C20H22N4O6. The number of nitrogens with two attached hydrogens (primary N) is 1. The third-order valence-electron chi connectivity index (χ3n) is 5.00. The molecule has 0 radical (unpaired) electrons. The summed E-state index contributed by atoms with van der Waals surface area (Å²) in [6, 6.07) is 12.3. The number of carbonyl (C=O) groups excluding carboxylic acids is 2. The Morgan fingerprint density at radius 3 is 2.17 bits per heavy atom. The van der Waals surface area contributed by atoms with Crippen molar-refractivity contribution in [3.63, 3.8) is 0 Å². The molecule has 1 saturated heterocycles. The van der Waals surface area contributed by atoms with Gasteiger partial charge in [0.2, 0.25) is 0 Å². The highest BCUT2D eigenvalue weighted by atomic mass is 16.5. The van der Waals surface area contributed by atoms with Crippen molar-refractivity contribution in [2.45, 2.75) is 11.7 Å². The lowest BCUT2D eigenvalue weighted by Gasteiger charge is -2.49. The fourth-order valence-corrected chi connectivity index (χ4v) is 3.51. The van der Waals surface area contributed by atoms with Gasteiger partial charge in [-0.15, -0.1) is 0 Å². The molecule has 0 aliphatic carbocycles. The molecule has 1 aliphatic heterocycles. The van der Waals surface area contributed by atoms with Crippen molar-refractivity contribution in [2.75, 3.05) is 26.2 Å². The number of hydrogen-bond donors (Lipinski definition) is 3. The third-order valence-corrected chi connectivity index (χ3v) is 5.00. The quantitative estimate of drug-likeness (QED) is 0.676. The Morgan fingerprint density at radius 1 is 1.10 bits per heavy atom. The molecule has 2 aromatic carbocycles. The van der Waals surface area contributed by atoms with E-state index in [1.54, 1.807) is 36.4 Å². The minimum atomic E-state index is -2.02. The zero-order valence-electron chi connectivity index (χ0n) is 16.7. The van der Waals surface area contributed by atoms with Crippen LogP contribution >= 0.6 is 0 Å². The number of anilines is 1. The number of hydrogen-bond acceptors (Lipinski definition) is 6. The first kappa shape index (κ1) is 20.9. The second-order valence-electron chi connectivity index (χ2n) is 6.64. The van der Waals surface area contributed by atoms with Crippen LogP contribution in [0.4, 0.5) is 15.3 Å². The summed E-state index contributed by atoms with van der Waals surface area (Å²) in [5, 5.41) is 11.8. The summed E-state index contributed by atoms with van der Waals surface area (Å²) >= 11 is 0. The third kappa shape index (κ3) is 3.26. The lowest BCUT2D eigenvalue weighted by molar-refractivity contribution is -0.137. The summed E-state index contributed by atoms with van der Waals surface area (Å²) < 4.78 is 10.5. The molecule has 30 heavy (non-hydrogen) atoms. The first-order valence-corrected chi connectivity index (χ1v) is 8.93. The van der Waals surface area contributed by atoms with E-state index in [1.807, 2.05) is 0 Å². The number of urea groups is 1. The lowest BCUT2D eigenvalue weighted by Crippen LogP contribution is -2.76. The van der Waals surface area contributed by atoms with Crippen LogP contribution in [0, 0.1) is 0 Å². The number of carbonyl (C=O) groups is 3. The van der Waals surface area contributed by atoms with E-state index in [-0.39, 0.29) is 5.56 Å². The van der Waals surface area contributed by atoms with Crippen molar-refractivity contribution in [2.24, 2.45) is 5.73 Å². The molecule has 10 nitrogen and oxygen atoms in total. The van der Waals surface area contributed by atoms with Crippen LogP contribution in [0.2, 0.25) is 0 Å². The topological polar surface area (TPSA) is 134 Å².